The fourth-order valence-electron chi connectivity index (χ4n) is 4.63. The molecule has 0 aliphatic heterocycles. The highest BCUT2D eigenvalue weighted by molar-refractivity contribution is 6.37. The van der Waals surface area contributed by atoms with Crippen molar-refractivity contribution in [1.29, 1.82) is 0 Å². The lowest BCUT2D eigenvalue weighted by Gasteiger charge is -2.29. The molecule has 0 bridgehead atoms. The van der Waals surface area contributed by atoms with Gasteiger partial charge in [0.25, 0.3) is 0 Å². The Morgan fingerprint density at radius 1 is 1.06 bits per heavy atom. The Kier molecular flexibility index (Phi) is 10.4. The molecule has 0 spiro atoms. The number of nitrogens with zero attached hydrogens (tertiary/aromatic N) is 3. The number of pyridine rings is 1. The molecule has 2 aromatic carbocycles. The van der Waals surface area contributed by atoms with Crippen molar-refractivity contribution >= 4 is 46.2 Å². The topological polar surface area (TPSA) is 68.7 Å². The van der Waals surface area contributed by atoms with Gasteiger partial charge < -0.3 is 20.2 Å². The summed E-state index contributed by atoms with van der Waals surface area (Å²) >= 11 is 12.3. The fraction of sp³-hybridized carbons (Fsp3) is 0.429. The summed E-state index contributed by atoms with van der Waals surface area (Å²) in [6.07, 6.45) is 8.84. The van der Waals surface area contributed by atoms with Crippen LogP contribution in [0.25, 0.3) is 22.0 Å². The van der Waals surface area contributed by atoms with E-state index in [1.165, 1.54) is 19.3 Å². The highest BCUT2D eigenvalue weighted by Crippen LogP contribution is 2.39. The predicted molar refractivity (Wildman–Crippen MR) is 151 cm³/mol. The summed E-state index contributed by atoms with van der Waals surface area (Å²) in [6.45, 7) is 1.31. The third kappa shape index (κ3) is 7.10. The third-order valence-electron chi connectivity index (χ3n) is 6.23. The van der Waals surface area contributed by atoms with Crippen LogP contribution in [-0.4, -0.2) is 56.1 Å². The van der Waals surface area contributed by atoms with Gasteiger partial charge in [-0.25, -0.2) is 0 Å². The van der Waals surface area contributed by atoms with E-state index in [9.17, 15) is 9.90 Å². The van der Waals surface area contributed by atoms with Crippen molar-refractivity contribution in [3.63, 3.8) is 0 Å². The summed E-state index contributed by atoms with van der Waals surface area (Å²) in [5, 5.41) is 14.4. The summed E-state index contributed by atoms with van der Waals surface area (Å²) in [7, 11) is 7.89. The molecule has 1 aliphatic carbocycles. The van der Waals surface area contributed by atoms with Crippen LogP contribution in [0.3, 0.4) is 0 Å². The Morgan fingerprint density at radius 2 is 1.69 bits per heavy atom. The Morgan fingerprint density at radius 3 is 2.28 bits per heavy atom. The van der Waals surface area contributed by atoms with Gasteiger partial charge >= 0.3 is 0 Å². The summed E-state index contributed by atoms with van der Waals surface area (Å²) in [5.41, 5.74) is 4.35. The molecule has 3 aromatic rings. The standard InChI is InChI=1S/C25H27Cl2N3O2.C3H9N/c1-28-12-19-13-29-23-8-7-17(18-10-21(26)25(32)22(27)11-18)9-20(23)24(19)30(15-31)14-16-5-3-2-4-6-16;1-4(2)3/h7-11,13,15-16,28,32H,2-6,12,14H2,1H3;1-3H3. The molecule has 1 aliphatic rings. The molecule has 1 fully saturated rings. The molecule has 1 aromatic heterocycles. The number of phenolic OH excluding ortho intramolecular Hbond substituents is 1. The lowest BCUT2D eigenvalue weighted by Crippen LogP contribution is -2.31. The van der Waals surface area contributed by atoms with Gasteiger partial charge in [-0.3, -0.25) is 9.78 Å². The van der Waals surface area contributed by atoms with Crippen LogP contribution in [-0.2, 0) is 11.3 Å². The number of carbonyl (C=O) groups is 1. The minimum atomic E-state index is -0.129. The molecule has 0 unspecified atom stereocenters. The molecule has 1 heterocycles. The van der Waals surface area contributed by atoms with Gasteiger partial charge in [0, 0.05) is 30.2 Å². The van der Waals surface area contributed by atoms with Crippen LogP contribution in [0.5, 0.6) is 5.75 Å². The van der Waals surface area contributed by atoms with Crippen molar-refractivity contribution in [2.24, 2.45) is 5.92 Å². The van der Waals surface area contributed by atoms with Crippen LogP contribution in [0.1, 0.15) is 37.7 Å². The number of fused-ring (bicyclic) bond motifs is 1. The van der Waals surface area contributed by atoms with Gasteiger partial charge in [-0.05, 0) is 82.3 Å². The summed E-state index contributed by atoms with van der Waals surface area (Å²) in [4.78, 5) is 20.8. The molecule has 1 saturated carbocycles. The highest BCUT2D eigenvalue weighted by atomic mass is 35.5. The number of aromatic nitrogens is 1. The Balaban J connectivity index is 0.000000840. The zero-order valence-corrected chi connectivity index (χ0v) is 23.0. The average Bonchev–Trinajstić information content (AvgIpc) is 2.86. The number of carbonyl (C=O) groups excluding carboxylic acids is 1. The second kappa shape index (κ2) is 13.2. The number of hydrogen-bond acceptors (Lipinski definition) is 5. The minimum absolute atomic E-state index is 0.129. The Bertz CT molecular complexity index is 1150. The smallest absolute Gasteiger partial charge is 0.214 e. The van der Waals surface area contributed by atoms with Crippen molar-refractivity contribution < 1.29 is 9.90 Å². The second-order valence-corrected chi connectivity index (χ2v) is 10.6. The summed E-state index contributed by atoms with van der Waals surface area (Å²) in [5.74, 6) is 0.383. The molecular weight excluding hydrogens is 495 g/mol. The van der Waals surface area contributed by atoms with Gasteiger partial charge in [-0.15, -0.1) is 0 Å². The lowest BCUT2D eigenvalue weighted by atomic mass is 9.88. The van der Waals surface area contributed by atoms with Crippen molar-refractivity contribution in [3.05, 3.63) is 52.1 Å². The van der Waals surface area contributed by atoms with Crippen LogP contribution in [0.4, 0.5) is 5.69 Å². The fourth-order valence-corrected chi connectivity index (χ4v) is 5.11. The maximum Gasteiger partial charge on any atom is 0.214 e. The van der Waals surface area contributed by atoms with Crippen molar-refractivity contribution in [1.82, 2.24) is 15.2 Å². The number of aromatic hydroxyl groups is 1. The van der Waals surface area contributed by atoms with Gasteiger partial charge in [0.2, 0.25) is 6.41 Å². The van der Waals surface area contributed by atoms with E-state index < -0.39 is 0 Å². The van der Waals surface area contributed by atoms with E-state index >= 15 is 0 Å². The van der Waals surface area contributed by atoms with Crippen LogP contribution in [0.2, 0.25) is 10.0 Å². The molecule has 6 nitrogen and oxygen atoms in total. The van der Waals surface area contributed by atoms with Gasteiger partial charge in [0.05, 0.1) is 21.2 Å². The van der Waals surface area contributed by atoms with Gasteiger partial charge in [-0.1, -0.05) is 48.5 Å². The number of nitrogens with one attached hydrogen (secondary N) is 1. The van der Waals surface area contributed by atoms with E-state index in [1.54, 1.807) is 12.1 Å². The molecule has 8 heteroatoms. The maximum absolute atomic E-state index is 12.3. The number of hydrogen-bond donors (Lipinski definition) is 2. The number of phenols is 1. The SMILES string of the molecule is CN(C)C.CNCc1cnc2ccc(-c3cc(Cl)c(O)c(Cl)c3)cc2c1N(C=O)CC1CCCCC1. The van der Waals surface area contributed by atoms with Gasteiger partial charge in [-0.2, -0.15) is 0 Å². The average molecular weight is 532 g/mol. The van der Waals surface area contributed by atoms with Crippen molar-refractivity contribution in [2.45, 2.75) is 38.6 Å². The molecule has 0 atom stereocenters. The first-order chi connectivity index (χ1) is 17.2. The third-order valence-corrected chi connectivity index (χ3v) is 6.80. The van der Waals surface area contributed by atoms with Crippen molar-refractivity contribution in [3.8, 4) is 16.9 Å². The van der Waals surface area contributed by atoms with Crippen molar-refractivity contribution in [2.75, 3.05) is 39.6 Å². The highest BCUT2D eigenvalue weighted by Gasteiger charge is 2.22. The van der Waals surface area contributed by atoms with E-state index in [0.717, 1.165) is 52.5 Å². The zero-order valence-electron chi connectivity index (χ0n) is 21.5. The number of benzene rings is 2. The number of rotatable bonds is 7. The molecule has 4 rings (SSSR count). The summed E-state index contributed by atoms with van der Waals surface area (Å²) in [6, 6.07) is 9.28. The largest absolute Gasteiger partial charge is 0.505 e. The lowest BCUT2D eigenvalue weighted by molar-refractivity contribution is -0.107. The van der Waals surface area contributed by atoms with Crippen LogP contribution >= 0.6 is 23.2 Å². The van der Waals surface area contributed by atoms with E-state index in [2.05, 4.69) is 10.3 Å². The first kappa shape index (κ1) is 28.2. The number of anilines is 1. The van der Waals surface area contributed by atoms with E-state index in [0.29, 0.717) is 19.0 Å². The number of amides is 1. The van der Waals surface area contributed by atoms with E-state index in [1.807, 2.05) is 62.4 Å². The molecular formula is C28H36Cl2N4O2. The molecule has 1 amide bonds. The first-order valence-corrected chi connectivity index (χ1v) is 13.1. The maximum atomic E-state index is 12.3. The number of halogens is 2. The second-order valence-electron chi connectivity index (χ2n) is 9.79. The van der Waals surface area contributed by atoms with E-state index in [4.69, 9.17) is 23.2 Å². The van der Waals surface area contributed by atoms with Crippen LogP contribution < -0.4 is 10.2 Å². The van der Waals surface area contributed by atoms with Gasteiger partial charge in [0.15, 0.2) is 5.75 Å². The van der Waals surface area contributed by atoms with Crippen LogP contribution in [0, 0.1) is 5.92 Å². The molecule has 36 heavy (non-hydrogen) atoms. The monoisotopic (exact) mass is 530 g/mol. The van der Waals surface area contributed by atoms with Gasteiger partial charge in [0.1, 0.15) is 0 Å². The van der Waals surface area contributed by atoms with Crippen LogP contribution in [0.15, 0.2) is 36.5 Å². The van der Waals surface area contributed by atoms with E-state index in [-0.39, 0.29) is 15.8 Å². The quantitative estimate of drug-likeness (QED) is 0.348. The minimum Gasteiger partial charge on any atom is -0.505 e. The normalized spacial score (nSPS) is 14.0. The molecule has 0 radical (unpaired) electrons. The Hall–Kier alpha value is -2.38. The Labute approximate surface area is 224 Å². The first-order valence-electron chi connectivity index (χ1n) is 12.3. The molecule has 194 valence electrons. The molecule has 0 saturated heterocycles. The summed E-state index contributed by atoms with van der Waals surface area (Å²) < 4.78 is 0. The predicted octanol–water partition coefficient (Wildman–Crippen LogP) is 6.35. The zero-order chi connectivity index (χ0) is 26.2. The molecule has 2 N–H and O–H groups in total.